The van der Waals surface area contributed by atoms with Crippen LogP contribution in [0.3, 0.4) is 0 Å². The number of rotatable bonds is 24. The molecule has 1 heterocycles. The normalized spacial score (nSPS) is 17.1. The summed E-state index contributed by atoms with van der Waals surface area (Å²) >= 11 is 0. The van der Waals surface area contributed by atoms with Crippen LogP contribution in [0.25, 0.3) is 0 Å². The van der Waals surface area contributed by atoms with Gasteiger partial charge >= 0.3 is 63.3 Å². The van der Waals surface area contributed by atoms with E-state index in [4.69, 9.17) is 9.47 Å². The van der Waals surface area contributed by atoms with E-state index in [1.165, 1.54) is 89.9 Å². The molecule has 1 aliphatic rings. The summed E-state index contributed by atoms with van der Waals surface area (Å²) in [6.07, 6.45) is 24.8. The molecule has 0 aromatic carbocycles. The minimum Gasteiger partial charge on any atom is -1.00 e. The Hall–Kier alpha value is 1.49. The van der Waals surface area contributed by atoms with Crippen LogP contribution >= 0.6 is 0 Å². The second kappa shape index (κ2) is 31.5. The molecule has 0 spiro atoms. The topological polar surface area (TPSA) is 81.7 Å². The zero-order chi connectivity index (χ0) is 28.6. The number of unbranched alkanes of at least 4 members (excludes halogenated alkanes) is 13. The zero-order valence-electron chi connectivity index (χ0n) is 28.3. The average molecular weight is 819 g/mol. The second-order valence-electron chi connectivity index (χ2n) is 11.7. The largest absolute Gasteiger partial charge is 1.00 e. The summed E-state index contributed by atoms with van der Waals surface area (Å²) in [6.45, 7) is 6.71. The predicted octanol–water partition coefficient (Wildman–Crippen LogP) is 6.05. The number of ether oxygens (including phenoxy) is 2. The number of hydrogen-bond donors (Lipinski definition) is 1. The molecule has 1 radical (unpaired) electrons. The van der Waals surface area contributed by atoms with E-state index in [1.54, 1.807) is 0 Å². The van der Waals surface area contributed by atoms with Gasteiger partial charge in [-0.1, -0.05) is 136 Å². The Balaban J connectivity index is -0.00000507. The standard InChI is InChI=1S/C33H61NO5.Ac.K.H/c1-4-7-8-9-10-11-12-13-14-15-16-17-18-24-30(35)34-29-26-27-31(36)38-32(39-33(29)37)25-20-19-23-28(21-5-2)22-6-3;;;/h28-29,32H,4-27H2,1-3H3,(H,34,35);;;/q;;+1;-1/t29-,32?;;;/m0.../s1. The van der Waals surface area contributed by atoms with Gasteiger partial charge in [0.15, 0.2) is 0 Å². The van der Waals surface area contributed by atoms with Crippen molar-refractivity contribution in [2.75, 3.05) is 0 Å². The maximum atomic E-state index is 12.7. The Morgan fingerprint density at radius 2 is 1.29 bits per heavy atom. The number of esters is 2. The van der Waals surface area contributed by atoms with Crippen LogP contribution in [0, 0.1) is 50.0 Å². The second-order valence-corrected chi connectivity index (χ2v) is 11.7. The molecule has 1 amide bonds. The van der Waals surface area contributed by atoms with Crippen molar-refractivity contribution in [3.63, 3.8) is 0 Å². The summed E-state index contributed by atoms with van der Waals surface area (Å²) < 4.78 is 10.9. The first kappa shape index (κ1) is 44.6. The number of carbonyl (C=O) groups excluding carboxylic acids is 3. The fourth-order valence-electron chi connectivity index (χ4n) is 5.63. The van der Waals surface area contributed by atoms with Gasteiger partial charge in [-0.05, 0) is 25.2 Å². The minimum absolute atomic E-state index is 0. The molecule has 1 rings (SSSR count). The molecule has 0 aliphatic carbocycles. The number of carbonyl (C=O) groups is 3. The van der Waals surface area contributed by atoms with Crippen LogP contribution in [0.5, 0.6) is 0 Å². The molecule has 1 unspecified atom stereocenters. The summed E-state index contributed by atoms with van der Waals surface area (Å²) in [4.78, 5) is 37.3. The van der Waals surface area contributed by atoms with Crippen molar-refractivity contribution in [3.8, 4) is 0 Å². The van der Waals surface area contributed by atoms with Gasteiger partial charge in [0.05, 0.1) is 0 Å². The maximum Gasteiger partial charge on any atom is 1.00 e. The van der Waals surface area contributed by atoms with Gasteiger partial charge in [0.25, 0.3) is 0 Å². The first-order valence-electron chi connectivity index (χ1n) is 16.7. The fourth-order valence-corrected chi connectivity index (χ4v) is 5.63. The Labute approximate surface area is 332 Å². The van der Waals surface area contributed by atoms with Gasteiger partial charge in [0.2, 0.25) is 12.2 Å². The van der Waals surface area contributed by atoms with Gasteiger partial charge in [-0.15, -0.1) is 0 Å². The van der Waals surface area contributed by atoms with E-state index in [9.17, 15) is 14.4 Å². The van der Waals surface area contributed by atoms with Crippen LogP contribution < -0.4 is 56.7 Å². The average Bonchev–Trinajstić information content (AvgIpc) is 2.91. The third kappa shape index (κ3) is 25.4. The smallest absolute Gasteiger partial charge is 1.00 e. The molecule has 1 fully saturated rings. The molecule has 8 heteroatoms. The van der Waals surface area contributed by atoms with E-state index in [0.717, 1.165) is 44.4 Å². The molecule has 1 saturated heterocycles. The number of cyclic esters (lactones) is 2. The Kier molecular flexibility index (Phi) is 34.2. The summed E-state index contributed by atoms with van der Waals surface area (Å²) in [5, 5.41) is 2.81. The van der Waals surface area contributed by atoms with E-state index < -0.39 is 18.3 Å². The molecule has 0 bridgehead atoms. The van der Waals surface area contributed by atoms with Crippen molar-refractivity contribution in [2.24, 2.45) is 5.92 Å². The van der Waals surface area contributed by atoms with Gasteiger partial charge in [-0.25, -0.2) is 4.79 Å². The maximum absolute atomic E-state index is 12.7. The van der Waals surface area contributed by atoms with Crippen molar-refractivity contribution < 1.29 is 121 Å². The molecule has 1 aliphatic heterocycles. The third-order valence-corrected chi connectivity index (χ3v) is 7.97. The molecule has 6 nitrogen and oxygen atoms in total. The molecular weight excluding hydrogens is 756 g/mol. The zero-order valence-corrected chi connectivity index (χ0v) is 35.2. The van der Waals surface area contributed by atoms with E-state index in [-0.39, 0.29) is 122 Å². The van der Waals surface area contributed by atoms with Gasteiger partial charge in [0, 0.05) is 63.3 Å². The Morgan fingerprint density at radius 3 is 1.83 bits per heavy atom. The van der Waals surface area contributed by atoms with Crippen molar-refractivity contribution in [3.05, 3.63) is 0 Å². The quantitative estimate of drug-likeness (QED) is 0.0730. The molecule has 0 aromatic rings. The molecule has 41 heavy (non-hydrogen) atoms. The summed E-state index contributed by atoms with van der Waals surface area (Å²) in [6, 6.07) is -0.770. The summed E-state index contributed by atoms with van der Waals surface area (Å²) in [5.74, 6) is -0.237. The van der Waals surface area contributed by atoms with Gasteiger partial charge < -0.3 is 16.2 Å². The Morgan fingerprint density at radius 1 is 0.756 bits per heavy atom. The van der Waals surface area contributed by atoms with Gasteiger partial charge in [-0.3, -0.25) is 9.59 Å². The molecule has 1 N–H and O–H groups in total. The van der Waals surface area contributed by atoms with Crippen LogP contribution in [0.15, 0.2) is 0 Å². The summed E-state index contributed by atoms with van der Waals surface area (Å²) in [5.41, 5.74) is 0. The minimum atomic E-state index is -0.846. The first-order valence-corrected chi connectivity index (χ1v) is 16.7. The molecule has 233 valence electrons. The predicted molar refractivity (Wildman–Crippen MR) is 160 cm³/mol. The molecule has 2 atom stereocenters. The van der Waals surface area contributed by atoms with Crippen molar-refractivity contribution in [1.29, 1.82) is 0 Å². The third-order valence-electron chi connectivity index (χ3n) is 7.97. The van der Waals surface area contributed by atoms with E-state index in [2.05, 4.69) is 26.1 Å². The van der Waals surface area contributed by atoms with Crippen LogP contribution in [-0.4, -0.2) is 30.2 Å². The SMILES string of the molecule is CCCCCCCCCCCCCCCC(=O)N[C@H]1CCC(=O)OC(CCCCC(CCC)CCC)OC1=O.[Ac].[H-].[K+]. The number of nitrogens with one attached hydrogen (secondary N) is 1. The van der Waals surface area contributed by atoms with Crippen molar-refractivity contribution >= 4 is 17.8 Å². The van der Waals surface area contributed by atoms with Crippen LogP contribution in [0.4, 0.5) is 0 Å². The monoisotopic (exact) mass is 818 g/mol. The van der Waals surface area contributed by atoms with Crippen molar-refractivity contribution in [1.82, 2.24) is 5.32 Å². The fraction of sp³-hybridized carbons (Fsp3) is 0.909. The summed E-state index contributed by atoms with van der Waals surface area (Å²) in [7, 11) is 0. The Bertz CT molecular complexity index is 652. The van der Waals surface area contributed by atoms with Gasteiger partial charge in [0.1, 0.15) is 6.04 Å². The number of hydrogen-bond acceptors (Lipinski definition) is 5. The van der Waals surface area contributed by atoms with E-state index in [1.807, 2.05) is 0 Å². The van der Waals surface area contributed by atoms with Crippen LogP contribution in [0.2, 0.25) is 0 Å². The first-order chi connectivity index (χ1) is 19.0. The van der Waals surface area contributed by atoms with Crippen LogP contribution in [0.1, 0.15) is 176 Å². The van der Waals surface area contributed by atoms with E-state index >= 15 is 0 Å². The molecule has 0 saturated carbocycles. The van der Waals surface area contributed by atoms with Crippen LogP contribution in [-0.2, 0) is 23.9 Å². The number of amides is 1. The molecular formula is C33H62AcKNO5. The van der Waals surface area contributed by atoms with Gasteiger partial charge in [-0.2, -0.15) is 0 Å². The molecule has 0 aromatic heterocycles. The van der Waals surface area contributed by atoms with E-state index in [0.29, 0.717) is 12.8 Å². The van der Waals surface area contributed by atoms with Crippen molar-refractivity contribution in [2.45, 2.75) is 187 Å².